The standard InChI is InChI=1S/C15H22N2O3/c1-17(10-15(19)5-3-4-6-15)14(18)11-7-12(16)9-13(8-11)20-2/h7-9,19H,3-6,10,16H2,1-2H3. The van der Waals surface area contributed by atoms with Crippen LogP contribution in [0.2, 0.25) is 0 Å². The van der Waals surface area contributed by atoms with Crippen LogP contribution in [0.25, 0.3) is 0 Å². The lowest BCUT2D eigenvalue weighted by Gasteiger charge is -2.28. The fourth-order valence-corrected chi connectivity index (χ4v) is 2.79. The Bertz CT molecular complexity index is 496. The molecule has 3 N–H and O–H groups in total. The van der Waals surface area contributed by atoms with Gasteiger partial charge >= 0.3 is 0 Å². The van der Waals surface area contributed by atoms with Crippen LogP contribution >= 0.6 is 0 Å². The average molecular weight is 278 g/mol. The Balaban J connectivity index is 2.12. The van der Waals surface area contributed by atoms with E-state index in [-0.39, 0.29) is 5.91 Å². The van der Waals surface area contributed by atoms with E-state index in [9.17, 15) is 9.90 Å². The first-order valence-corrected chi connectivity index (χ1v) is 6.86. The number of anilines is 1. The maximum atomic E-state index is 12.4. The second-order valence-corrected chi connectivity index (χ2v) is 5.59. The molecule has 1 fully saturated rings. The molecule has 1 saturated carbocycles. The van der Waals surface area contributed by atoms with Crippen molar-refractivity contribution in [2.24, 2.45) is 0 Å². The molecular formula is C15H22N2O3. The molecule has 1 aromatic carbocycles. The van der Waals surface area contributed by atoms with Crippen molar-refractivity contribution in [2.75, 3.05) is 26.4 Å². The Morgan fingerprint density at radius 3 is 2.65 bits per heavy atom. The first kappa shape index (κ1) is 14.7. The molecule has 0 unspecified atom stereocenters. The highest BCUT2D eigenvalue weighted by Crippen LogP contribution is 2.30. The van der Waals surface area contributed by atoms with Gasteiger partial charge in [-0.05, 0) is 25.0 Å². The van der Waals surface area contributed by atoms with Gasteiger partial charge in [0.25, 0.3) is 5.91 Å². The molecule has 0 radical (unpaired) electrons. The minimum absolute atomic E-state index is 0.157. The second kappa shape index (κ2) is 5.71. The molecule has 20 heavy (non-hydrogen) atoms. The Morgan fingerprint density at radius 2 is 2.05 bits per heavy atom. The zero-order valence-electron chi connectivity index (χ0n) is 12.1. The molecule has 0 atom stereocenters. The van der Waals surface area contributed by atoms with Gasteiger partial charge in [-0.2, -0.15) is 0 Å². The van der Waals surface area contributed by atoms with Crippen molar-refractivity contribution in [3.63, 3.8) is 0 Å². The maximum Gasteiger partial charge on any atom is 0.253 e. The smallest absolute Gasteiger partial charge is 0.253 e. The van der Waals surface area contributed by atoms with Gasteiger partial charge in [0.15, 0.2) is 0 Å². The predicted octanol–water partition coefficient (Wildman–Crippen LogP) is 1.65. The van der Waals surface area contributed by atoms with E-state index < -0.39 is 5.60 Å². The average Bonchev–Trinajstić information content (AvgIpc) is 2.83. The number of nitrogens with two attached hydrogens (primary N) is 1. The van der Waals surface area contributed by atoms with Crippen molar-refractivity contribution in [1.82, 2.24) is 4.90 Å². The fourth-order valence-electron chi connectivity index (χ4n) is 2.79. The number of amides is 1. The molecule has 1 aliphatic rings. The molecule has 0 saturated heterocycles. The zero-order valence-corrected chi connectivity index (χ0v) is 12.1. The molecule has 0 heterocycles. The molecule has 0 bridgehead atoms. The Morgan fingerprint density at radius 1 is 1.40 bits per heavy atom. The molecule has 1 amide bonds. The van der Waals surface area contributed by atoms with E-state index in [0.29, 0.717) is 23.5 Å². The quantitative estimate of drug-likeness (QED) is 0.821. The second-order valence-electron chi connectivity index (χ2n) is 5.59. The summed E-state index contributed by atoms with van der Waals surface area (Å²) in [4.78, 5) is 14.0. The van der Waals surface area contributed by atoms with Gasteiger partial charge in [0.2, 0.25) is 0 Å². The number of benzene rings is 1. The molecule has 0 aliphatic heterocycles. The van der Waals surface area contributed by atoms with Crippen molar-refractivity contribution in [1.29, 1.82) is 0 Å². The van der Waals surface area contributed by atoms with Crippen molar-refractivity contribution in [3.8, 4) is 5.75 Å². The number of methoxy groups -OCH3 is 1. The summed E-state index contributed by atoms with van der Waals surface area (Å²) in [5.74, 6) is 0.400. The van der Waals surface area contributed by atoms with Gasteiger partial charge in [0.05, 0.1) is 12.7 Å². The lowest BCUT2D eigenvalue weighted by atomic mass is 10.0. The highest BCUT2D eigenvalue weighted by atomic mass is 16.5. The van der Waals surface area contributed by atoms with E-state index in [2.05, 4.69) is 0 Å². The number of carbonyl (C=O) groups excluding carboxylic acids is 1. The maximum absolute atomic E-state index is 12.4. The third kappa shape index (κ3) is 3.22. The summed E-state index contributed by atoms with van der Waals surface area (Å²) in [5.41, 5.74) is 5.99. The SMILES string of the molecule is COc1cc(N)cc(C(=O)N(C)CC2(O)CCCC2)c1. The molecule has 0 aromatic heterocycles. The Labute approximate surface area is 119 Å². The molecular weight excluding hydrogens is 256 g/mol. The van der Waals surface area contributed by atoms with Crippen LogP contribution < -0.4 is 10.5 Å². The largest absolute Gasteiger partial charge is 0.497 e. The number of hydrogen-bond acceptors (Lipinski definition) is 4. The predicted molar refractivity (Wildman–Crippen MR) is 77.8 cm³/mol. The van der Waals surface area contributed by atoms with Crippen LogP contribution in [-0.4, -0.2) is 42.2 Å². The molecule has 1 aliphatic carbocycles. The summed E-state index contributed by atoms with van der Waals surface area (Å²) in [6, 6.07) is 4.95. The summed E-state index contributed by atoms with van der Waals surface area (Å²) in [6.07, 6.45) is 3.55. The topological polar surface area (TPSA) is 75.8 Å². The van der Waals surface area contributed by atoms with Gasteiger partial charge in [-0.1, -0.05) is 12.8 Å². The number of likely N-dealkylation sites (N-methyl/N-ethyl adjacent to an activating group) is 1. The van der Waals surface area contributed by atoms with Crippen LogP contribution in [0.5, 0.6) is 5.75 Å². The highest BCUT2D eigenvalue weighted by molar-refractivity contribution is 5.95. The molecule has 5 nitrogen and oxygen atoms in total. The van der Waals surface area contributed by atoms with E-state index in [1.54, 1.807) is 30.1 Å². The van der Waals surface area contributed by atoms with Gasteiger partial charge in [-0.15, -0.1) is 0 Å². The number of rotatable bonds is 4. The van der Waals surface area contributed by atoms with Gasteiger partial charge in [-0.25, -0.2) is 0 Å². The lowest BCUT2D eigenvalue weighted by molar-refractivity contribution is 0.0157. The van der Waals surface area contributed by atoms with Gasteiger partial charge in [0.1, 0.15) is 5.75 Å². The number of carbonyl (C=O) groups is 1. The summed E-state index contributed by atoms with van der Waals surface area (Å²) < 4.78 is 5.12. The minimum Gasteiger partial charge on any atom is -0.497 e. The fraction of sp³-hybridized carbons (Fsp3) is 0.533. The monoisotopic (exact) mass is 278 g/mol. The summed E-state index contributed by atoms with van der Waals surface area (Å²) >= 11 is 0. The van der Waals surface area contributed by atoms with Gasteiger partial charge in [0, 0.05) is 30.9 Å². The third-order valence-corrected chi connectivity index (χ3v) is 3.82. The highest BCUT2D eigenvalue weighted by Gasteiger charge is 2.33. The summed E-state index contributed by atoms with van der Waals surface area (Å²) in [5, 5.41) is 10.4. The molecule has 0 spiro atoms. The van der Waals surface area contributed by atoms with Crippen molar-refractivity contribution < 1.29 is 14.6 Å². The molecule has 2 rings (SSSR count). The Hall–Kier alpha value is -1.75. The van der Waals surface area contributed by atoms with E-state index in [4.69, 9.17) is 10.5 Å². The van der Waals surface area contributed by atoms with Crippen LogP contribution in [0.15, 0.2) is 18.2 Å². The molecule has 110 valence electrons. The lowest BCUT2D eigenvalue weighted by Crippen LogP contribution is -2.42. The van der Waals surface area contributed by atoms with Crippen molar-refractivity contribution in [2.45, 2.75) is 31.3 Å². The number of aliphatic hydroxyl groups is 1. The normalized spacial score (nSPS) is 16.9. The van der Waals surface area contributed by atoms with Crippen LogP contribution in [-0.2, 0) is 0 Å². The van der Waals surface area contributed by atoms with E-state index in [1.807, 2.05) is 0 Å². The number of hydrogen-bond donors (Lipinski definition) is 2. The first-order chi connectivity index (χ1) is 9.43. The molecule has 1 aromatic rings. The van der Waals surface area contributed by atoms with Crippen molar-refractivity contribution in [3.05, 3.63) is 23.8 Å². The first-order valence-electron chi connectivity index (χ1n) is 6.86. The van der Waals surface area contributed by atoms with Crippen LogP contribution in [0, 0.1) is 0 Å². The van der Waals surface area contributed by atoms with Crippen LogP contribution in [0.3, 0.4) is 0 Å². The Kier molecular flexibility index (Phi) is 4.18. The van der Waals surface area contributed by atoms with E-state index in [0.717, 1.165) is 25.7 Å². The van der Waals surface area contributed by atoms with Gasteiger partial charge < -0.3 is 20.5 Å². The van der Waals surface area contributed by atoms with Crippen molar-refractivity contribution >= 4 is 11.6 Å². The summed E-state index contributed by atoms with van der Waals surface area (Å²) in [7, 11) is 3.24. The zero-order chi connectivity index (χ0) is 14.8. The summed E-state index contributed by atoms with van der Waals surface area (Å²) in [6.45, 7) is 0.350. The number of nitrogen functional groups attached to an aromatic ring is 1. The minimum atomic E-state index is -0.741. The van der Waals surface area contributed by atoms with Crippen LogP contribution in [0.4, 0.5) is 5.69 Å². The van der Waals surface area contributed by atoms with Gasteiger partial charge in [-0.3, -0.25) is 4.79 Å². The number of nitrogens with zero attached hydrogens (tertiary/aromatic N) is 1. The number of ether oxygens (including phenoxy) is 1. The molecule has 5 heteroatoms. The van der Waals surface area contributed by atoms with E-state index >= 15 is 0 Å². The van der Waals surface area contributed by atoms with E-state index in [1.165, 1.54) is 7.11 Å². The third-order valence-electron chi connectivity index (χ3n) is 3.82. The van der Waals surface area contributed by atoms with Crippen LogP contribution in [0.1, 0.15) is 36.0 Å².